The third-order valence-electron chi connectivity index (χ3n) is 3.56. The summed E-state index contributed by atoms with van der Waals surface area (Å²) >= 11 is 0. The van der Waals surface area contributed by atoms with Gasteiger partial charge >= 0.3 is 0 Å². The molecule has 1 amide bonds. The lowest BCUT2D eigenvalue weighted by Crippen LogP contribution is -2.27. The van der Waals surface area contributed by atoms with Crippen LogP contribution in [0.15, 0.2) is 42.7 Å². The van der Waals surface area contributed by atoms with E-state index in [0.29, 0.717) is 16.7 Å². The molecule has 0 radical (unpaired) electrons. The SMILES string of the molecule is O=C(c1cncc(-c2ccccc2F)c1)N1CCCC1. The van der Waals surface area contributed by atoms with Gasteiger partial charge in [-0.2, -0.15) is 0 Å². The van der Waals surface area contributed by atoms with Gasteiger partial charge in [-0.1, -0.05) is 18.2 Å². The van der Waals surface area contributed by atoms with Crippen molar-refractivity contribution in [3.8, 4) is 11.1 Å². The summed E-state index contributed by atoms with van der Waals surface area (Å²) in [5.74, 6) is -0.326. The van der Waals surface area contributed by atoms with Crippen molar-refractivity contribution in [2.45, 2.75) is 12.8 Å². The highest BCUT2D eigenvalue weighted by Crippen LogP contribution is 2.23. The van der Waals surface area contributed by atoms with Crippen LogP contribution in [0, 0.1) is 5.82 Å². The Bertz CT molecular complexity index is 636. The van der Waals surface area contributed by atoms with Crippen LogP contribution >= 0.6 is 0 Å². The van der Waals surface area contributed by atoms with Gasteiger partial charge in [0.15, 0.2) is 0 Å². The van der Waals surface area contributed by atoms with E-state index in [0.717, 1.165) is 25.9 Å². The van der Waals surface area contributed by atoms with Gasteiger partial charge in [0.25, 0.3) is 5.91 Å². The van der Waals surface area contributed by atoms with E-state index in [2.05, 4.69) is 4.98 Å². The monoisotopic (exact) mass is 270 g/mol. The summed E-state index contributed by atoms with van der Waals surface area (Å²) in [5, 5.41) is 0. The van der Waals surface area contributed by atoms with Crippen molar-refractivity contribution in [3.63, 3.8) is 0 Å². The number of halogens is 1. The average molecular weight is 270 g/mol. The first-order chi connectivity index (χ1) is 9.75. The lowest BCUT2D eigenvalue weighted by atomic mass is 10.1. The van der Waals surface area contributed by atoms with E-state index < -0.39 is 0 Å². The van der Waals surface area contributed by atoms with E-state index in [4.69, 9.17) is 0 Å². The minimum Gasteiger partial charge on any atom is -0.339 e. The van der Waals surface area contributed by atoms with Crippen LogP contribution in [0.25, 0.3) is 11.1 Å². The Morgan fingerprint density at radius 1 is 1.15 bits per heavy atom. The Labute approximate surface area is 117 Å². The summed E-state index contributed by atoms with van der Waals surface area (Å²) in [6, 6.07) is 8.23. The van der Waals surface area contributed by atoms with Crippen LogP contribution < -0.4 is 0 Å². The molecule has 1 aromatic heterocycles. The van der Waals surface area contributed by atoms with Gasteiger partial charge < -0.3 is 4.90 Å². The third kappa shape index (κ3) is 2.41. The number of hydrogen-bond acceptors (Lipinski definition) is 2. The van der Waals surface area contributed by atoms with E-state index >= 15 is 0 Å². The molecule has 0 bridgehead atoms. The summed E-state index contributed by atoms with van der Waals surface area (Å²) in [6.45, 7) is 1.59. The molecule has 1 saturated heterocycles. The average Bonchev–Trinajstić information content (AvgIpc) is 3.01. The minimum atomic E-state index is -0.305. The molecule has 3 rings (SSSR count). The smallest absolute Gasteiger partial charge is 0.255 e. The van der Waals surface area contributed by atoms with Crippen LogP contribution in [-0.4, -0.2) is 28.9 Å². The number of benzene rings is 1. The van der Waals surface area contributed by atoms with E-state index in [1.54, 1.807) is 36.7 Å². The van der Waals surface area contributed by atoms with Gasteiger partial charge in [0.1, 0.15) is 5.82 Å². The fraction of sp³-hybridized carbons (Fsp3) is 0.250. The molecule has 2 aromatic rings. The maximum atomic E-state index is 13.8. The van der Waals surface area contributed by atoms with Crippen LogP contribution in [0.3, 0.4) is 0 Å². The summed E-state index contributed by atoms with van der Waals surface area (Å²) in [4.78, 5) is 18.2. The lowest BCUT2D eigenvalue weighted by Gasteiger charge is -2.15. The highest BCUT2D eigenvalue weighted by atomic mass is 19.1. The molecule has 0 saturated carbocycles. The van der Waals surface area contributed by atoms with E-state index in [-0.39, 0.29) is 11.7 Å². The molecule has 102 valence electrons. The molecule has 2 heterocycles. The number of amides is 1. The second kappa shape index (κ2) is 5.41. The summed E-state index contributed by atoms with van der Waals surface area (Å²) in [5.41, 5.74) is 1.62. The van der Waals surface area contributed by atoms with Gasteiger partial charge in [0.2, 0.25) is 0 Å². The zero-order valence-corrected chi connectivity index (χ0v) is 11.1. The maximum absolute atomic E-state index is 13.8. The zero-order chi connectivity index (χ0) is 13.9. The summed E-state index contributed by atoms with van der Waals surface area (Å²) in [7, 11) is 0. The molecular weight excluding hydrogens is 255 g/mol. The first kappa shape index (κ1) is 12.8. The van der Waals surface area contributed by atoms with Crippen molar-refractivity contribution in [2.75, 3.05) is 13.1 Å². The second-order valence-electron chi connectivity index (χ2n) is 4.94. The van der Waals surface area contributed by atoms with Crippen LogP contribution in [-0.2, 0) is 0 Å². The molecule has 1 aromatic carbocycles. The number of rotatable bonds is 2. The molecule has 0 spiro atoms. The topological polar surface area (TPSA) is 33.2 Å². The molecular formula is C16H15FN2O. The molecule has 0 N–H and O–H groups in total. The number of aromatic nitrogens is 1. The van der Waals surface area contributed by atoms with Crippen molar-refractivity contribution >= 4 is 5.91 Å². The van der Waals surface area contributed by atoms with E-state index in [1.165, 1.54) is 6.07 Å². The molecule has 4 heteroatoms. The fourth-order valence-corrected chi connectivity index (χ4v) is 2.50. The largest absolute Gasteiger partial charge is 0.339 e. The second-order valence-corrected chi connectivity index (χ2v) is 4.94. The Balaban J connectivity index is 1.93. The number of hydrogen-bond donors (Lipinski definition) is 0. The molecule has 1 aliphatic heterocycles. The summed E-state index contributed by atoms with van der Waals surface area (Å²) < 4.78 is 13.8. The number of likely N-dealkylation sites (tertiary alicyclic amines) is 1. The lowest BCUT2D eigenvalue weighted by molar-refractivity contribution is 0.0792. The molecule has 1 aliphatic rings. The highest BCUT2D eigenvalue weighted by molar-refractivity contribution is 5.95. The zero-order valence-electron chi connectivity index (χ0n) is 11.1. The Kier molecular flexibility index (Phi) is 3.46. The van der Waals surface area contributed by atoms with Crippen molar-refractivity contribution in [1.82, 2.24) is 9.88 Å². The number of nitrogens with zero attached hydrogens (tertiary/aromatic N) is 2. The predicted molar refractivity (Wildman–Crippen MR) is 74.8 cm³/mol. The van der Waals surface area contributed by atoms with Crippen molar-refractivity contribution in [1.29, 1.82) is 0 Å². The fourth-order valence-electron chi connectivity index (χ4n) is 2.50. The minimum absolute atomic E-state index is 0.0202. The van der Waals surface area contributed by atoms with Crippen molar-refractivity contribution < 1.29 is 9.18 Å². The van der Waals surface area contributed by atoms with Gasteiger partial charge in [-0.3, -0.25) is 9.78 Å². The van der Waals surface area contributed by atoms with Gasteiger partial charge in [0.05, 0.1) is 5.56 Å². The number of pyridine rings is 1. The number of carbonyl (C=O) groups excluding carboxylic acids is 1. The van der Waals surface area contributed by atoms with Crippen molar-refractivity contribution in [2.24, 2.45) is 0 Å². The van der Waals surface area contributed by atoms with Crippen LogP contribution in [0.1, 0.15) is 23.2 Å². The number of carbonyl (C=O) groups is 1. The standard InChI is InChI=1S/C16H15FN2O/c17-15-6-2-1-5-14(15)12-9-13(11-18-10-12)16(20)19-7-3-4-8-19/h1-2,5-6,9-11H,3-4,7-8H2. The van der Waals surface area contributed by atoms with E-state index in [9.17, 15) is 9.18 Å². The predicted octanol–water partition coefficient (Wildman–Crippen LogP) is 3.12. The van der Waals surface area contributed by atoms with Crippen LogP contribution in [0.4, 0.5) is 4.39 Å². The van der Waals surface area contributed by atoms with Gasteiger partial charge in [-0.15, -0.1) is 0 Å². The molecule has 0 unspecified atom stereocenters. The van der Waals surface area contributed by atoms with Crippen molar-refractivity contribution in [3.05, 3.63) is 54.1 Å². The van der Waals surface area contributed by atoms with Gasteiger partial charge in [-0.05, 0) is 25.0 Å². The normalized spacial score (nSPS) is 14.6. The van der Waals surface area contributed by atoms with E-state index in [1.807, 2.05) is 4.90 Å². The maximum Gasteiger partial charge on any atom is 0.255 e. The first-order valence-electron chi connectivity index (χ1n) is 6.75. The molecule has 0 aliphatic carbocycles. The van der Waals surface area contributed by atoms with Gasteiger partial charge in [-0.25, -0.2) is 4.39 Å². The summed E-state index contributed by atoms with van der Waals surface area (Å²) in [6.07, 6.45) is 5.22. The van der Waals surface area contributed by atoms with Crippen LogP contribution in [0.2, 0.25) is 0 Å². The molecule has 1 fully saturated rings. The molecule has 20 heavy (non-hydrogen) atoms. The quantitative estimate of drug-likeness (QED) is 0.840. The first-order valence-corrected chi connectivity index (χ1v) is 6.75. The van der Waals surface area contributed by atoms with Crippen LogP contribution in [0.5, 0.6) is 0 Å². The highest BCUT2D eigenvalue weighted by Gasteiger charge is 2.20. The molecule has 3 nitrogen and oxygen atoms in total. The molecule has 0 atom stereocenters. The Morgan fingerprint density at radius 2 is 1.90 bits per heavy atom. The Morgan fingerprint density at radius 3 is 2.65 bits per heavy atom. The Hall–Kier alpha value is -2.23. The third-order valence-corrected chi connectivity index (χ3v) is 3.56. The van der Waals surface area contributed by atoms with Gasteiger partial charge in [0, 0.05) is 36.6 Å².